The van der Waals surface area contributed by atoms with E-state index in [1.54, 1.807) is 0 Å². The van der Waals surface area contributed by atoms with Crippen LogP contribution in [0.15, 0.2) is 24.3 Å². The average Bonchev–Trinajstić information content (AvgIpc) is 2.91. The number of amides is 1. The van der Waals surface area contributed by atoms with Gasteiger partial charge in [0.1, 0.15) is 15.6 Å². The Morgan fingerprint density at radius 3 is 2.90 bits per heavy atom. The van der Waals surface area contributed by atoms with Crippen molar-refractivity contribution in [1.82, 2.24) is 10.4 Å². The van der Waals surface area contributed by atoms with Gasteiger partial charge in [-0.15, -0.1) is 11.3 Å². The monoisotopic (exact) mass is 291 g/mol. The molecule has 1 heterocycles. The second-order valence-electron chi connectivity index (χ2n) is 4.08. The van der Waals surface area contributed by atoms with E-state index in [9.17, 15) is 4.79 Å². The van der Waals surface area contributed by atoms with E-state index in [2.05, 4.69) is 10.4 Å². The van der Waals surface area contributed by atoms with Crippen LogP contribution in [0.4, 0.5) is 0 Å². The zero-order chi connectivity index (χ0) is 14.5. The number of aromatic nitrogens is 1. The lowest BCUT2D eigenvalue weighted by atomic mass is 10.2. The molecule has 0 bridgehead atoms. The van der Waals surface area contributed by atoms with Crippen molar-refractivity contribution >= 4 is 17.2 Å². The number of nitrogens with one attached hydrogen (secondary N) is 1. The normalized spacial score (nSPS) is 10.3. The summed E-state index contributed by atoms with van der Waals surface area (Å²) < 4.78 is 5.48. The third kappa shape index (κ3) is 2.97. The number of thiazole rings is 1. The Kier molecular flexibility index (Phi) is 4.70. The largest absolute Gasteiger partial charge is 0.494 e. The van der Waals surface area contributed by atoms with Crippen molar-refractivity contribution in [2.24, 2.45) is 5.84 Å². The van der Waals surface area contributed by atoms with E-state index < -0.39 is 0 Å². The van der Waals surface area contributed by atoms with E-state index in [0.717, 1.165) is 22.0 Å². The summed E-state index contributed by atoms with van der Waals surface area (Å²) in [5, 5.41) is 0.794. The highest BCUT2D eigenvalue weighted by atomic mass is 32.1. The van der Waals surface area contributed by atoms with Gasteiger partial charge in [0.25, 0.3) is 5.91 Å². The number of aryl methyl sites for hydroxylation is 1. The Bertz CT molecular complexity index is 610. The van der Waals surface area contributed by atoms with E-state index in [1.165, 1.54) is 11.3 Å². The highest BCUT2D eigenvalue weighted by Crippen LogP contribution is 2.30. The first kappa shape index (κ1) is 14.5. The Morgan fingerprint density at radius 2 is 2.25 bits per heavy atom. The number of nitrogens with two attached hydrogens (primary N) is 1. The molecule has 5 nitrogen and oxygen atoms in total. The molecule has 1 amide bonds. The molecule has 6 heteroatoms. The predicted molar refractivity (Wildman–Crippen MR) is 79.8 cm³/mol. The second kappa shape index (κ2) is 6.49. The van der Waals surface area contributed by atoms with Gasteiger partial charge < -0.3 is 4.74 Å². The highest BCUT2D eigenvalue weighted by Gasteiger charge is 2.17. The number of hydrazine groups is 1. The molecule has 20 heavy (non-hydrogen) atoms. The Labute approximate surface area is 121 Å². The fourth-order valence-corrected chi connectivity index (χ4v) is 2.90. The van der Waals surface area contributed by atoms with Gasteiger partial charge in [0.15, 0.2) is 0 Å². The molecule has 0 fully saturated rings. The Hall–Kier alpha value is -1.92. The van der Waals surface area contributed by atoms with Crippen LogP contribution in [-0.4, -0.2) is 17.5 Å². The van der Waals surface area contributed by atoms with Crippen LogP contribution in [0.25, 0.3) is 10.6 Å². The standard InChI is InChI=1S/C14H17N3O2S/c1-3-11-12(13(18)17-15)20-14(16-11)9-6-5-7-10(8-9)19-4-2/h5-8H,3-4,15H2,1-2H3,(H,17,18). The maximum atomic E-state index is 11.7. The first-order valence-corrected chi connectivity index (χ1v) is 7.25. The number of carbonyl (C=O) groups is 1. The molecule has 0 radical (unpaired) electrons. The average molecular weight is 291 g/mol. The molecule has 1 aromatic heterocycles. The van der Waals surface area contributed by atoms with Crippen molar-refractivity contribution in [1.29, 1.82) is 0 Å². The van der Waals surface area contributed by atoms with Crippen molar-refractivity contribution < 1.29 is 9.53 Å². The van der Waals surface area contributed by atoms with Gasteiger partial charge >= 0.3 is 0 Å². The maximum absolute atomic E-state index is 11.7. The third-order valence-corrected chi connectivity index (χ3v) is 3.91. The number of nitrogens with zero attached hydrogens (tertiary/aromatic N) is 1. The highest BCUT2D eigenvalue weighted by molar-refractivity contribution is 7.17. The summed E-state index contributed by atoms with van der Waals surface area (Å²) in [7, 11) is 0. The number of carbonyl (C=O) groups excluding carboxylic acids is 1. The fraction of sp³-hybridized carbons (Fsp3) is 0.286. The van der Waals surface area contributed by atoms with E-state index in [1.807, 2.05) is 38.1 Å². The van der Waals surface area contributed by atoms with Gasteiger partial charge in [-0.05, 0) is 25.5 Å². The van der Waals surface area contributed by atoms with Gasteiger partial charge in [-0.3, -0.25) is 10.2 Å². The molecular weight excluding hydrogens is 274 g/mol. The first-order valence-electron chi connectivity index (χ1n) is 6.43. The number of hydrogen-bond donors (Lipinski definition) is 2. The van der Waals surface area contributed by atoms with Crippen molar-refractivity contribution in [3.8, 4) is 16.3 Å². The lowest BCUT2D eigenvalue weighted by Gasteiger charge is -2.03. The SMILES string of the molecule is CCOc1cccc(-c2nc(CC)c(C(=O)NN)s2)c1. The molecule has 0 saturated carbocycles. The molecule has 2 rings (SSSR count). The minimum Gasteiger partial charge on any atom is -0.494 e. The fourth-order valence-electron chi connectivity index (χ4n) is 1.84. The van der Waals surface area contributed by atoms with Crippen molar-refractivity contribution in [2.45, 2.75) is 20.3 Å². The molecule has 106 valence electrons. The van der Waals surface area contributed by atoms with Crippen LogP contribution < -0.4 is 16.0 Å². The van der Waals surface area contributed by atoms with Crippen molar-refractivity contribution in [2.75, 3.05) is 6.61 Å². The van der Waals surface area contributed by atoms with Crippen LogP contribution in [-0.2, 0) is 6.42 Å². The lowest BCUT2D eigenvalue weighted by molar-refractivity contribution is 0.0956. The topological polar surface area (TPSA) is 77.2 Å². The number of nitrogen functional groups attached to an aromatic ring is 1. The van der Waals surface area contributed by atoms with Gasteiger partial charge in [0.05, 0.1) is 12.3 Å². The van der Waals surface area contributed by atoms with Gasteiger partial charge in [0.2, 0.25) is 0 Å². The molecule has 3 N–H and O–H groups in total. The maximum Gasteiger partial charge on any atom is 0.277 e. The smallest absolute Gasteiger partial charge is 0.277 e. The van der Waals surface area contributed by atoms with Crippen LogP contribution in [0, 0.1) is 0 Å². The number of benzene rings is 1. The van der Waals surface area contributed by atoms with Crippen LogP contribution >= 0.6 is 11.3 Å². The summed E-state index contributed by atoms with van der Waals surface area (Å²) in [6, 6.07) is 7.68. The van der Waals surface area contributed by atoms with Crippen LogP contribution in [0.1, 0.15) is 29.2 Å². The summed E-state index contributed by atoms with van der Waals surface area (Å²) in [4.78, 5) is 16.8. The van der Waals surface area contributed by atoms with Gasteiger partial charge in [-0.2, -0.15) is 0 Å². The predicted octanol–water partition coefficient (Wildman–Crippen LogP) is 2.37. The summed E-state index contributed by atoms with van der Waals surface area (Å²) in [6.07, 6.45) is 0.685. The molecule has 0 saturated heterocycles. The summed E-state index contributed by atoms with van der Waals surface area (Å²) in [5.74, 6) is 5.69. The summed E-state index contributed by atoms with van der Waals surface area (Å²) in [6.45, 7) is 4.51. The van der Waals surface area contributed by atoms with Gasteiger partial charge in [-0.1, -0.05) is 19.1 Å². The zero-order valence-corrected chi connectivity index (χ0v) is 12.3. The van der Waals surface area contributed by atoms with Gasteiger partial charge in [-0.25, -0.2) is 10.8 Å². The molecule has 1 aromatic carbocycles. The number of rotatable bonds is 5. The van der Waals surface area contributed by atoms with Crippen LogP contribution in [0.5, 0.6) is 5.75 Å². The molecule has 0 aliphatic carbocycles. The van der Waals surface area contributed by atoms with Crippen LogP contribution in [0.2, 0.25) is 0 Å². The van der Waals surface area contributed by atoms with Crippen molar-refractivity contribution in [3.05, 3.63) is 34.8 Å². The second-order valence-corrected chi connectivity index (χ2v) is 5.08. The quantitative estimate of drug-likeness (QED) is 0.504. The van der Waals surface area contributed by atoms with E-state index in [4.69, 9.17) is 10.6 Å². The number of ether oxygens (including phenoxy) is 1. The molecule has 2 aromatic rings. The zero-order valence-electron chi connectivity index (χ0n) is 11.5. The summed E-state index contributed by atoms with van der Waals surface area (Å²) >= 11 is 1.34. The first-order chi connectivity index (χ1) is 9.69. The molecule has 0 aliphatic heterocycles. The Morgan fingerprint density at radius 1 is 1.45 bits per heavy atom. The van der Waals surface area contributed by atoms with Gasteiger partial charge in [0, 0.05) is 5.56 Å². The van der Waals surface area contributed by atoms with E-state index >= 15 is 0 Å². The van der Waals surface area contributed by atoms with Crippen molar-refractivity contribution in [3.63, 3.8) is 0 Å². The molecule has 0 unspecified atom stereocenters. The summed E-state index contributed by atoms with van der Waals surface area (Å²) in [5.41, 5.74) is 3.86. The Balaban J connectivity index is 2.40. The molecule has 0 spiro atoms. The minimum absolute atomic E-state index is 0.299. The molecule has 0 aliphatic rings. The lowest BCUT2D eigenvalue weighted by Crippen LogP contribution is -2.29. The molecule has 0 atom stereocenters. The van der Waals surface area contributed by atoms with Crippen LogP contribution in [0.3, 0.4) is 0 Å². The van der Waals surface area contributed by atoms with E-state index in [0.29, 0.717) is 17.9 Å². The van der Waals surface area contributed by atoms with E-state index in [-0.39, 0.29) is 5.91 Å². The third-order valence-electron chi connectivity index (χ3n) is 2.76. The minimum atomic E-state index is -0.299. The molecular formula is C14H17N3O2S. The number of hydrogen-bond acceptors (Lipinski definition) is 5.